The maximum atomic E-state index is 5.51. The summed E-state index contributed by atoms with van der Waals surface area (Å²) in [5.74, 6) is 0. The molecular formula is C11H23NO3. The molecule has 1 aliphatic rings. The lowest BCUT2D eigenvalue weighted by Gasteiger charge is -2.36. The molecule has 0 saturated carbocycles. The number of hydrogen-bond donors (Lipinski definition) is 0. The summed E-state index contributed by atoms with van der Waals surface area (Å²) in [5, 5.41) is 0. The monoisotopic (exact) mass is 217 g/mol. The van der Waals surface area contributed by atoms with Crippen molar-refractivity contribution in [1.29, 1.82) is 0 Å². The average molecular weight is 217 g/mol. The molecule has 0 amide bonds. The Labute approximate surface area is 92.5 Å². The van der Waals surface area contributed by atoms with Crippen LogP contribution >= 0.6 is 0 Å². The SMILES string of the molecule is CO[C@@H]1[C@@H](OC)CN(C)CCC[C@H]1OC. The molecule has 0 unspecified atom stereocenters. The molecule has 1 fully saturated rings. The minimum absolute atomic E-state index is 0.0303. The van der Waals surface area contributed by atoms with E-state index in [4.69, 9.17) is 14.2 Å². The second kappa shape index (κ2) is 6.43. The van der Waals surface area contributed by atoms with Crippen LogP contribution < -0.4 is 0 Å². The highest BCUT2D eigenvalue weighted by Crippen LogP contribution is 2.18. The van der Waals surface area contributed by atoms with Crippen LogP contribution in [0, 0.1) is 0 Å². The van der Waals surface area contributed by atoms with Crippen LogP contribution in [0.2, 0.25) is 0 Å². The van der Waals surface area contributed by atoms with Crippen LogP contribution in [-0.4, -0.2) is 64.7 Å². The average Bonchev–Trinajstić information content (AvgIpc) is 2.23. The minimum atomic E-state index is 0.0303. The van der Waals surface area contributed by atoms with E-state index in [-0.39, 0.29) is 18.3 Å². The standard InChI is InChI=1S/C11H23NO3/c1-12-7-5-6-9(13-2)11(15-4)10(8-12)14-3/h9-11H,5-8H2,1-4H3/t9-,10+,11+/m1/s1. The van der Waals surface area contributed by atoms with Crippen molar-refractivity contribution in [2.75, 3.05) is 41.5 Å². The molecule has 0 aliphatic carbocycles. The van der Waals surface area contributed by atoms with E-state index in [0.29, 0.717) is 0 Å². The first-order valence-electron chi connectivity index (χ1n) is 5.49. The van der Waals surface area contributed by atoms with Gasteiger partial charge in [-0.25, -0.2) is 0 Å². The van der Waals surface area contributed by atoms with Gasteiger partial charge in [-0.3, -0.25) is 0 Å². The molecule has 0 aromatic heterocycles. The van der Waals surface area contributed by atoms with Gasteiger partial charge in [-0.1, -0.05) is 0 Å². The van der Waals surface area contributed by atoms with Crippen LogP contribution in [0.25, 0.3) is 0 Å². The molecule has 1 rings (SSSR count). The zero-order valence-electron chi connectivity index (χ0n) is 10.2. The van der Waals surface area contributed by atoms with Crippen molar-refractivity contribution >= 4 is 0 Å². The van der Waals surface area contributed by atoms with Crippen LogP contribution in [0.3, 0.4) is 0 Å². The van der Waals surface area contributed by atoms with Crippen molar-refractivity contribution in [2.45, 2.75) is 31.2 Å². The highest BCUT2D eigenvalue weighted by atomic mass is 16.6. The zero-order valence-corrected chi connectivity index (χ0v) is 10.2. The molecule has 4 nitrogen and oxygen atoms in total. The lowest BCUT2D eigenvalue weighted by Crippen LogP contribution is -2.48. The van der Waals surface area contributed by atoms with E-state index < -0.39 is 0 Å². The fourth-order valence-corrected chi connectivity index (χ4v) is 2.23. The maximum absolute atomic E-state index is 5.51. The molecule has 0 N–H and O–H groups in total. The Balaban J connectivity index is 2.68. The molecule has 3 atom stereocenters. The van der Waals surface area contributed by atoms with Crippen molar-refractivity contribution in [2.24, 2.45) is 0 Å². The van der Waals surface area contributed by atoms with Crippen molar-refractivity contribution in [3.8, 4) is 0 Å². The summed E-state index contributed by atoms with van der Waals surface area (Å²) in [6.07, 6.45) is 2.44. The van der Waals surface area contributed by atoms with Crippen LogP contribution in [0.4, 0.5) is 0 Å². The molecule has 4 heteroatoms. The van der Waals surface area contributed by atoms with Crippen molar-refractivity contribution in [3.63, 3.8) is 0 Å². The maximum Gasteiger partial charge on any atom is 0.111 e. The molecule has 1 heterocycles. The first-order chi connectivity index (χ1) is 7.22. The summed E-state index contributed by atoms with van der Waals surface area (Å²) in [4.78, 5) is 2.28. The molecule has 15 heavy (non-hydrogen) atoms. The van der Waals surface area contributed by atoms with Gasteiger partial charge in [0.25, 0.3) is 0 Å². The number of nitrogens with zero attached hydrogens (tertiary/aromatic N) is 1. The second-order valence-electron chi connectivity index (χ2n) is 4.15. The highest BCUT2D eigenvalue weighted by Gasteiger charge is 2.32. The summed E-state index contributed by atoms with van der Waals surface area (Å²) in [5.41, 5.74) is 0. The van der Waals surface area contributed by atoms with Crippen molar-refractivity contribution in [1.82, 2.24) is 4.90 Å². The van der Waals surface area contributed by atoms with Gasteiger partial charge in [0.05, 0.1) is 12.2 Å². The molecule has 0 spiro atoms. The Morgan fingerprint density at radius 3 is 2.20 bits per heavy atom. The Kier molecular flexibility index (Phi) is 5.53. The van der Waals surface area contributed by atoms with E-state index in [0.717, 1.165) is 25.9 Å². The summed E-state index contributed by atoms with van der Waals surface area (Å²) in [6, 6.07) is 0. The van der Waals surface area contributed by atoms with E-state index in [1.807, 2.05) is 0 Å². The first-order valence-corrected chi connectivity index (χ1v) is 5.49. The fourth-order valence-electron chi connectivity index (χ4n) is 2.23. The number of rotatable bonds is 3. The largest absolute Gasteiger partial charge is 0.379 e. The van der Waals surface area contributed by atoms with Crippen LogP contribution in [0.1, 0.15) is 12.8 Å². The third kappa shape index (κ3) is 3.41. The Bertz CT molecular complexity index is 177. The molecule has 0 aromatic carbocycles. The Hall–Kier alpha value is -0.160. The predicted octanol–water partition coefficient (Wildman–Crippen LogP) is 0.757. The van der Waals surface area contributed by atoms with E-state index >= 15 is 0 Å². The van der Waals surface area contributed by atoms with Gasteiger partial charge in [-0.05, 0) is 26.4 Å². The number of hydrogen-bond acceptors (Lipinski definition) is 4. The summed E-state index contributed by atoms with van der Waals surface area (Å²) >= 11 is 0. The molecule has 90 valence electrons. The lowest BCUT2D eigenvalue weighted by atomic mass is 10.00. The minimum Gasteiger partial charge on any atom is -0.379 e. The topological polar surface area (TPSA) is 30.9 Å². The molecule has 0 bridgehead atoms. The molecular weight excluding hydrogens is 194 g/mol. The predicted molar refractivity (Wildman–Crippen MR) is 59.1 cm³/mol. The first kappa shape index (κ1) is 12.9. The summed E-state index contributed by atoms with van der Waals surface area (Å²) in [6.45, 7) is 1.99. The van der Waals surface area contributed by atoms with Crippen molar-refractivity contribution in [3.05, 3.63) is 0 Å². The highest BCUT2D eigenvalue weighted by molar-refractivity contribution is 4.83. The van der Waals surface area contributed by atoms with Gasteiger partial charge in [0.15, 0.2) is 0 Å². The van der Waals surface area contributed by atoms with E-state index in [1.54, 1.807) is 21.3 Å². The molecule has 0 radical (unpaired) electrons. The Morgan fingerprint density at radius 1 is 1.00 bits per heavy atom. The molecule has 0 aromatic rings. The number of methoxy groups -OCH3 is 3. The van der Waals surface area contributed by atoms with Gasteiger partial charge >= 0.3 is 0 Å². The number of likely N-dealkylation sites (N-methyl/N-ethyl adjacent to an activating group) is 1. The van der Waals surface area contributed by atoms with E-state index in [9.17, 15) is 0 Å². The fraction of sp³-hybridized carbons (Fsp3) is 1.00. The quantitative estimate of drug-likeness (QED) is 0.698. The van der Waals surface area contributed by atoms with Gasteiger partial charge in [0.1, 0.15) is 6.10 Å². The van der Waals surface area contributed by atoms with Crippen LogP contribution in [0.15, 0.2) is 0 Å². The molecule has 1 saturated heterocycles. The zero-order chi connectivity index (χ0) is 11.3. The van der Waals surface area contributed by atoms with Crippen LogP contribution in [-0.2, 0) is 14.2 Å². The van der Waals surface area contributed by atoms with Gasteiger partial charge in [0, 0.05) is 27.9 Å². The lowest BCUT2D eigenvalue weighted by molar-refractivity contribution is -0.121. The van der Waals surface area contributed by atoms with Gasteiger partial charge in [0.2, 0.25) is 0 Å². The molecule has 1 aliphatic heterocycles. The smallest absolute Gasteiger partial charge is 0.111 e. The second-order valence-corrected chi connectivity index (χ2v) is 4.15. The number of likely N-dealkylation sites (tertiary alicyclic amines) is 1. The normalized spacial score (nSPS) is 34.8. The summed E-state index contributed by atoms with van der Waals surface area (Å²) < 4.78 is 16.5. The third-order valence-electron chi connectivity index (χ3n) is 3.13. The van der Waals surface area contributed by atoms with Gasteiger partial charge < -0.3 is 19.1 Å². The Morgan fingerprint density at radius 2 is 1.67 bits per heavy atom. The van der Waals surface area contributed by atoms with Gasteiger partial charge in [-0.15, -0.1) is 0 Å². The van der Waals surface area contributed by atoms with Crippen molar-refractivity contribution < 1.29 is 14.2 Å². The van der Waals surface area contributed by atoms with Crippen LogP contribution in [0.5, 0.6) is 0 Å². The van der Waals surface area contributed by atoms with E-state index in [1.165, 1.54) is 0 Å². The van der Waals surface area contributed by atoms with E-state index in [2.05, 4.69) is 11.9 Å². The van der Waals surface area contributed by atoms with Gasteiger partial charge in [-0.2, -0.15) is 0 Å². The number of ether oxygens (including phenoxy) is 3. The summed E-state index contributed by atoms with van der Waals surface area (Å²) in [7, 11) is 7.32. The third-order valence-corrected chi connectivity index (χ3v) is 3.13.